The normalized spacial score (nSPS) is 15.9. The summed E-state index contributed by atoms with van der Waals surface area (Å²) in [5.74, 6) is -0.466. The molecule has 1 atom stereocenters. The Labute approximate surface area is 270 Å². The van der Waals surface area contributed by atoms with Crippen molar-refractivity contribution in [2.24, 2.45) is 0 Å². The van der Waals surface area contributed by atoms with Gasteiger partial charge in [-0.15, -0.1) is 10.2 Å². The van der Waals surface area contributed by atoms with Crippen LogP contribution in [0.5, 0.6) is 5.75 Å². The second kappa shape index (κ2) is 13.5. The van der Waals surface area contributed by atoms with E-state index in [0.717, 1.165) is 28.7 Å². The summed E-state index contributed by atoms with van der Waals surface area (Å²) in [6.07, 6.45) is 0.844. The highest BCUT2D eigenvalue weighted by Gasteiger charge is 2.48. The van der Waals surface area contributed by atoms with Crippen molar-refractivity contribution < 1.29 is 19.4 Å². The quantitative estimate of drug-likeness (QED) is 0.0549. The number of hydrogen-bond acceptors (Lipinski definition) is 8. The van der Waals surface area contributed by atoms with Gasteiger partial charge < -0.3 is 9.84 Å². The zero-order chi connectivity index (χ0) is 31.3. The number of benzene rings is 4. The van der Waals surface area contributed by atoms with E-state index in [1.807, 2.05) is 85.8 Å². The van der Waals surface area contributed by atoms with E-state index in [2.05, 4.69) is 17.1 Å². The van der Waals surface area contributed by atoms with Gasteiger partial charge in [0.1, 0.15) is 18.1 Å². The number of hydrogen-bond donors (Lipinski definition) is 1. The molecule has 1 saturated heterocycles. The van der Waals surface area contributed by atoms with Crippen molar-refractivity contribution in [1.82, 2.24) is 10.2 Å². The molecule has 7 nitrogen and oxygen atoms in total. The number of aryl methyl sites for hydroxylation is 2. The summed E-state index contributed by atoms with van der Waals surface area (Å²) < 4.78 is 6.64. The molecule has 1 unspecified atom stereocenters. The second-order valence-electron chi connectivity index (χ2n) is 10.6. The minimum absolute atomic E-state index is 0.00603. The summed E-state index contributed by atoms with van der Waals surface area (Å²) in [5.41, 5.74) is 5.58. The van der Waals surface area contributed by atoms with Crippen molar-refractivity contribution in [3.05, 3.63) is 142 Å². The molecule has 0 spiro atoms. The highest BCUT2D eigenvalue weighted by Crippen LogP contribution is 2.44. The first-order valence-corrected chi connectivity index (χ1v) is 16.4. The van der Waals surface area contributed by atoms with Crippen LogP contribution in [0.3, 0.4) is 0 Å². The summed E-state index contributed by atoms with van der Waals surface area (Å²) in [5, 5.41) is 20.5. The van der Waals surface area contributed by atoms with Gasteiger partial charge in [0.2, 0.25) is 5.13 Å². The van der Waals surface area contributed by atoms with Crippen LogP contribution in [0.4, 0.5) is 5.13 Å². The molecule has 5 aromatic rings. The third kappa shape index (κ3) is 6.55. The van der Waals surface area contributed by atoms with E-state index in [1.165, 1.54) is 28.0 Å². The van der Waals surface area contributed by atoms with Gasteiger partial charge in [0.05, 0.1) is 11.6 Å². The van der Waals surface area contributed by atoms with Gasteiger partial charge in [-0.25, -0.2) is 0 Å². The first-order chi connectivity index (χ1) is 21.9. The standard InChI is InChI=1S/C36H31N3O4S2/c1-3-24-13-15-26(16-14-24)31-30(32(40)27-17-19-29(20-18-27)43-21-28-12-8-7-9-23(28)2)33(41)34(42)39(31)35-37-38-36(45-35)44-22-25-10-5-4-6-11-25/h4-20,31,40H,3,21-22H2,1-2H3. The number of aliphatic hydroxyl groups excluding tert-OH is 1. The first kappa shape index (κ1) is 30.3. The first-order valence-electron chi connectivity index (χ1n) is 14.6. The molecule has 0 aliphatic carbocycles. The van der Waals surface area contributed by atoms with Crippen molar-refractivity contribution in [2.45, 2.75) is 43.0 Å². The number of amides is 1. The van der Waals surface area contributed by atoms with Crippen LogP contribution in [-0.2, 0) is 28.4 Å². The van der Waals surface area contributed by atoms with Crippen LogP contribution >= 0.6 is 23.1 Å². The lowest BCUT2D eigenvalue weighted by Gasteiger charge is -2.22. The summed E-state index contributed by atoms with van der Waals surface area (Å²) in [6, 6.07) is 31.8. The van der Waals surface area contributed by atoms with Crippen molar-refractivity contribution >= 4 is 45.7 Å². The summed E-state index contributed by atoms with van der Waals surface area (Å²) in [4.78, 5) is 28.6. The topological polar surface area (TPSA) is 92.6 Å². The van der Waals surface area contributed by atoms with Crippen molar-refractivity contribution in [3.8, 4) is 5.75 Å². The van der Waals surface area contributed by atoms with Crippen LogP contribution in [-0.4, -0.2) is 27.0 Å². The van der Waals surface area contributed by atoms with Crippen LogP contribution in [0.15, 0.2) is 113 Å². The maximum absolute atomic E-state index is 13.6. The number of rotatable bonds is 10. The van der Waals surface area contributed by atoms with Crippen molar-refractivity contribution in [1.29, 1.82) is 0 Å². The predicted octanol–water partition coefficient (Wildman–Crippen LogP) is 7.91. The average molecular weight is 634 g/mol. The number of carbonyl (C=O) groups is 2. The molecule has 1 aliphatic heterocycles. The monoisotopic (exact) mass is 633 g/mol. The molecule has 1 fully saturated rings. The number of ether oxygens (including phenoxy) is 1. The Kier molecular flexibility index (Phi) is 9.09. The zero-order valence-corrected chi connectivity index (χ0v) is 26.5. The largest absolute Gasteiger partial charge is 0.507 e. The van der Waals surface area contributed by atoms with Gasteiger partial charge in [0.25, 0.3) is 5.78 Å². The summed E-state index contributed by atoms with van der Waals surface area (Å²) >= 11 is 2.76. The fraction of sp³-hybridized carbons (Fsp3) is 0.167. The molecule has 1 aromatic heterocycles. The Balaban J connectivity index is 1.31. The van der Waals surface area contributed by atoms with Crippen LogP contribution in [0.2, 0.25) is 0 Å². The van der Waals surface area contributed by atoms with E-state index in [1.54, 1.807) is 24.3 Å². The molecular formula is C36H31N3O4S2. The lowest BCUT2D eigenvalue weighted by Crippen LogP contribution is -2.29. The van der Waals surface area contributed by atoms with E-state index < -0.39 is 17.7 Å². The highest BCUT2D eigenvalue weighted by molar-refractivity contribution is 8.00. The number of aromatic nitrogens is 2. The van der Waals surface area contributed by atoms with Gasteiger partial charge in [-0.1, -0.05) is 109 Å². The number of carbonyl (C=O) groups excluding carboxylic acids is 2. The molecule has 1 N–H and O–H groups in total. The molecule has 226 valence electrons. The Morgan fingerprint density at radius 3 is 2.31 bits per heavy atom. The van der Waals surface area contributed by atoms with Gasteiger partial charge in [-0.05, 0) is 65.4 Å². The van der Waals surface area contributed by atoms with Crippen LogP contribution < -0.4 is 9.64 Å². The molecule has 9 heteroatoms. The minimum Gasteiger partial charge on any atom is -0.507 e. The number of Topliss-reactive ketones (excluding diaryl/α,β-unsaturated/α-hetero) is 1. The lowest BCUT2D eigenvalue weighted by atomic mass is 9.94. The fourth-order valence-electron chi connectivity index (χ4n) is 5.16. The number of aliphatic hydroxyl groups is 1. The Bertz CT molecular complexity index is 1850. The molecule has 0 radical (unpaired) electrons. The molecule has 6 rings (SSSR count). The van der Waals surface area contributed by atoms with Gasteiger partial charge in [-0.3, -0.25) is 14.5 Å². The SMILES string of the molecule is CCc1ccc(C2C(=C(O)c3ccc(OCc4ccccc4C)cc3)C(=O)C(=O)N2c2nnc(SCc3ccccc3)s2)cc1. The van der Waals surface area contributed by atoms with Crippen LogP contribution in [0.1, 0.15) is 46.3 Å². The molecule has 1 aliphatic rings. The maximum Gasteiger partial charge on any atom is 0.301 e. The number of anilines is 1. The van der Waals surface area contributed by atoms with E-state index in [0.29, 0.717) is 38.7 Å². The van der Waals surface area contributed by atoms with Crippen molar-refractivity contribution in [2.75, 3.05) is 4.90 Å². The van der Waals surface area contributed by atoms with E-state index >= 15 is 0 Å². The Morgan fingerprint density at radius 1 is 0.889 bits per heavy atom. The smallest absolute Gasteiger partial charge is 0.301 e. The summed E-state index contributed by atoms with van der Waals surface area (Å²) in [7, 11) is 0. The van der Waals surface area contributed by atoms with E-state index in [-0.39, 0.29) is 11.3 Å². The molecule has 4 aromatic carbocycles. The van der Waals surface area contributed by atoms with Gasteiger partial charge in [0, 0.05) is 11.3 Å². The second-order valence-corrected chi connectivity index (χ2v) is 12.8. The van der Waals surface area contributed by atoms with Crippen LogP contribution in [0.25, 0.3) is 5.76 Å². The predicted molar refractivity (Wildman–Crippen MR) is 178 cm³/mol. The number of ketones is 1. The van der Waals surface area contributed by atoms with Crippen LogP contribution in [0, 0.1) is 6.92 Å². The molecule has 2 heterocycles. The number of thioether (sulfide) groups is 1. The third-order valence-electron chi connectivity index (χ3n) is 7.74. The van der Waals surface area contributed by atoms with E-state index in [4.69, 9.17) is 4.74 Å². The molecule has 0 saturated carbocycles. The molecule has 1 amide bonds. The molecule has 45 heavy (non-hydrogen) atoms. The number of nitrogens with zero attached hydrogens (tertiary/aromatic N) is 3. The third-order valence-corrected chi connectivity index (χ3v) is 9.87. The molecular weight excluding hydrogens is 603 g/mol. The zero-order valence-electron chi connectivity index (χ0n) is 24.8. The van der Waals surface area contributed by atoms with E-state index in [9.17, 15) is 14.7 Å². The maximum atomic E-state index is 13.6. The fourth-order valence-corrected chi connectivity index (χ4v) is 6.98. The highest BCUT2D eigenvalue weighted by atomic mass is 32.2. The summed E-state index contributed by atoms with van der Waals surface area (Å²) in [6.45, 7) is 4.50. The Morgan fingerprint density at radius 2 is 1.60 bits per heavy atom. The van der Waals surface area contributed by atoms with Crippen molar-refractivity contribution in [3.63, 3.8) is 0 Å². The molecule has 0 bridgehead atoms. The average Bonchev–Trinajstić information content (AvgIpc) is 3.65. The minimum atomic E-state index is -0.868. The van der Waals surface area contributed by atoms with Gasteiger partial charge >= 0.3 is 5.91 Å². The van der Waals surface area contributed by atoms with Gasteiger partial charge in [0.15, 0.2) is 4.34 Å². The van der Waals surface area contributed by atoms with Gasteiger partial charge in [-0.2, -0.15) is 0 Å². The Hall–Kier alpha value is -4.73. The lowest BCUT2D eigenvalue weighted by molar-refractivity contribution is -0.132.